The highest BCUT2D eigenvalue weighted by molar-refractivity contribution is 9.10. The highest BCUT2D eigenvalue weighted by atomic mass is 79.9. The van der Waals surface area contributed by atoms with Crippen molar-refractivity contribution in [3.05, 3.63) is 28.2 Å². The lowest BCUT2D eigenvalue weighted by atomic mass is 9.88. The van der Waals surface area contributed by atoms with Gasteiger partial charge in [-0.2, -0.15) is 0 Å². The van der Waals surface area contributed by atoms with Crippen molar-refractivity contribution in [1.82, 2.24) is 0 Å². The molecule has 1 aromatic carbocycles. The summed E-state index contributed by atoms with van der Waals surface area (Å²) >= 11 is 3.59. The molecule has 2 rings (SSSR count). The predicted molar refractivity (Wildman–Crippen MR) is 80.3 cm³/mol. The second-order valence-corrected chi connectivity index (χ2v) is 6.12. The van der Waals surface area contributed by atoms with E-state index in [1.807, 2.05) is 12.1 Å². The van der Waals surface area contributed by atoms with Crippen molar-refractivity contribution in [2.24, 2.45) is 17.6 Å². The molecule has 1 aromatic rings. The maximum atomic E-state index is 7.45. The van der Waals surface area contributed by atoms with Crippen molar-refractivity contribution in [2.75, 3.05) is 18.0 Å². The first-order valence-corrected chi connectivity index (χ1v) is 7.17. The Bertz CT molecular complexity index is 458. The fourth-order valence-corrected chi connectivity index (χ4v) is 3.04. The molecule has 1 aliphatic heterocycles. The van der Waals surface area contributed by atoms with Gasteiger partial charge in [0, 0.05) is 23.1 Å². The van der Waals surface area contributed by atoms with Gasteiger partial charge >= 0.3 is 0 Å². The van der Waals surface area contributed by atoms with Crippen molar-refractivity contribution >= 4 is 27.5 Å². The Balaban J connectivity index is 2.21. The van der Waals surface area contributed by atoms with Crippen LogP contribution in [0, 0.1) is 17.2 Å². The highest BCUT2D eigenvalue weighted by Gasteiger charge is 2.23. The maximum Gasteiger partial charge on any atom is 0.122 e. The third-order valence-electron chi connectivity index (χ3n) is 3.93. The lowest BCUT2D eigenvalue weighted by molar-refractivity contribution is 0.324. The van der Waals surface area contributed by atoms with Crippen molar-refractivity contribution in [3.8, 4) is 0 Å². The number of hydrogen-bond donors (Lipinski definition) is 2. The molecule has 1 heterocycles. The van der Waals surface area contributed by atoms with Crippen LogP contribution in [-0.2, 0) is 0 Å². The molecular weight excluding hydrogens is 290 g/mol. The summed E-state index contributed by atoms with van der Waals surface area (Å²) in [4.78, 5) is 2.42. The van der Waals surface area contributed by atoms with Crippen molar-refractivity contribution in [2.45, 2.75) is 20.3 Å². The fourth-order valence-electron chi connectivity index (χ4n) is 2.41. The fraction of sp³-hybridized carbons (Fsp3) is 0.500. The van der Waals surface area contributed by atoms with E-state index in [-0.39, 0.29) is 5.84 Å². The van der Waals surface area contributed by atoms with Crippen LogP contribution in [0.15, 0.2) is 22.7 Å². The van der Waals surface area contributed by atoms with E-state index in [0.29, 0.717) is 0 Å². The number of anilines is 1. The Morgan fingerprint density at radius 2 is 2.11 bits per heavy atom. The zero-order chi connectivity index (χ0) is 13.3. The molecule has 0 aromatic heterocycles. The lowest BCUT2D eigenvalue weighted by Gasteiger charge is -2.37. The summed E-state index contributed by atoms with van der Waals surface area (Å²) in [5.41, 5.74) is 7.48. The van der Waals surface area contributed by atoms with Gasteiger partial charge in [0.1, 0.15) is 5.84 Å². The van der Waals surface area contributed by atoms with Crippen LogP contribution in [0.1, 0.15) is 25.8 Å². The number of nitrogens with two attached hydrogens (primary N) is 1. The van der Waals surface area contributed by atoms with Gasteiger partial charge in [-0.05, 0) is 52.4 Å². The van der Waals surface area contributed by atoms with E-state index in [2.05, 4.69) is 40.7 Å². The third-order valence-corrected chi connectivity index (χ3v) is 4.57. The average molecular weight is 310 g/mol. The van der Waals surface area contributed by atoms with E-state index >= 15 is 0 Å². The van der Waals surface area contributed by atoms with Gasteiger partial charge in [-0.15, -0.1) is 0 Å². The van der Waals surface area contributed by atoms with E-state index in [9.17, 15) is 0 Å². The van der Waals surface area contributed by atoms with E-state index in [0.717, 1.165) is 35.0 Å². The number of piperidine rings is 1. The Labute approximate surface area is 117 Å². The first kappa shape index (κ1) is 13.4. The lowest BCUT2D eigenvalue weighted by Crippen LogP contribution is -2.38. The first-order chi connectivity index (χ1) is 8.49. The second kappa shape index (κ2) is 5.31. The van der Waals surface area contributed by atoms with Gasteiger partial charge < -0.3 is 10.6 Å². The summed E-state index contributed by atoms with van der Waals surface area (Å²) in [6, 6.07) is 5.91. The van der Waals surface area contributed by atoms with Gasteiger partial charge in [0.15, 0.2) is 0 Å². The Hall–Kier alpha value is -1.03. The summed E-state index contributed by atoms with van der Waals surface area (Å²) in [6.45, 7) is 6.84. The number of rotatable bonds is 2. The van der Waals surface area contributed by atoms with E-state index in [4.69, 9.17) is 11.1 Å². The standard InChI is InChI=1S/C14H20BrN3/c1-9-5-6-18(8-10(9)2)13-4-3-11(14(16)17)7-12(13)15/h3-4,7,9-10H,5-6,8H2,1-2H3,(H3,16,17). The molecule has 1 fully saturated rings. The number of benzene rings is 1. The third kappa shape index (κ3) is 2.69. The minimum atomic E-state index is 0.114. The van der Waals surface area contributed by atoms with Crippen molar-refractivity contribution < 1.29 is 0 Å². The Morgan fingerprint density at radius 3 is 2.67 bits per heavy atom. The summed E-state index contributed by atoms with van der Waals surface area (Å²) in [7, 11) is 0. The first-order valence-electron chi connectivity index (χ1n) is 6.38. The van der Waals surface area contributed by atoms with Gasteiger partial charge in [-0.3, -0.25) is 5.41 Å². The smallest absolute Gasteiger partial charge is 0.122 e. The SMILES string of the molecule is CC1CCN(c2ccc(C(=N)N)cc2Br)CC1C. The molecular formula is C14H20BrN3. The molecule has 0 bridgehead atoms. The molecule has 3 N–H and O–H groups in total. The normalized spacial score (nSPS) is 24.1. The number of nitrogen functional groups attached to an aromatic ring is 1. The van der Waals surface area contributed by atoms with Crippen LogP contribution in [0.2, 0.25) is 0 Å². The number of halogens is 1. The van der Waals surface area contributed by atoms with Crippen molar-refractivity contribution in [1.29, 1.82) is 5.41 Å². The van der Waals surface area contributed by atoms with E-state index in [1.165, 1.54) is 12.1 Å². The molecule has 3 nitrogen and oxygen atoms in total. The number of nitrogens with one attached hydrogen (secondary N) is 1. The van der Waals surface area contributed by atoms with Crippen LogP contribution in [0.25, 0.3) is 0 Å². The molecule has 0 radical (unpaired) electrons. The molecule has 0 saturated carbocycles. The topological polar surface area (TPSA) is 53.1 Å². The molecule has 0 spiro atoms. The Kier molecular flexibility index (Phi) is 3.95. The number of hydrogen-bond acceptors (Lipinski definition) is 2. The molecule has 18 heavy (non-hydrogen) atoms. The van der Waals surface area contributed by atoms with Crippen LogP contribution >= 0.6 is 15.9 Å². The van der Waals surface area contributed by atoms with Crippen LogP contribution in [0.3, 0.4) is 0 Å². The van der Waals surface area contributed by atoms with Crippen LogP contribution in [-0.4, -0.2) is 18.9 Å². The molecule has 1 saturated heterocycles. The van der Waals surface area contributed by atoms with Gasteiger partial charge in [0.05, 0.1) is 5.69 Å². The molecule has 0 aliphatic carbocycles. The minimum absolute atomic E-state index is 0.114. The predicted octanol–water partition coefficient (Wildman–Crippen LogP) is 3.22. The summed E-state index contributed by atoms with van der Waals surface area (Å²) in [5.74, 6) is 1.64. The van der Waals surface area contributed by atoms with Crippen molar-refractivity contribution in [3.63, 3.8) is 0 Å². The molecule has 98 valence electrons. The monoisotopic (exact) mass is 309 g/mol. The largest absolute Gasteiger partial charge is 0.384 e. The van der Waals surface area contributed by atoms with Gasteiger partial charge in [0.2, 0.25) is 0 Å². The molecule has 2 atom stereocenters. The highest BCUT2D eigenvalue weighted by Crippen LogP contribution is 2.32. The quantitative estimate of drug-likeness (QED) is 0.651. The Morgan fingerprint density at radius 1 is 1.39 bits per heavy atom. The van der Waals surface area contributed by atoms with E-state index in [1.54, 1.807) is 0 Å². The summed E-state index contributed by atoms with van der Waals surface area (Å²) in [6.07, 6.45) is 1.24. The van der Waals surface area contributed by atoms with Crippen LogP contribution < -0.4 is 10.6 Å². The molecule has 0 amide bonds. The minimum Gasteiger partial charge on any atom is -0.384 e. The maximum absolute atomic E-state index is 7.45. The van der Waals surface area contributed by atoms with Crippen LogP contribution in [0.5, 0.6) is 0 Å². The van der Waals surface area contributed by atoms with Gasteiger partial charge in [-0.1, -0.05) is 13.8 Å². The second-order valence-electron chi connectivity index (χ2n) is 5.27. The molecule has 1 aliphatic rings. The van der Waals surface area contributed by atoms with Gasteiger partial charge in [0.25, 0.3) is 0 Å². The zero-order valence-electron chi connectivity index (χ0n) is 10.9. The van der Waals surface area contributed by atoms with E-state index < -0.39 is 0 Å². The zero-order valence-corrected chi connectivity index (χ0v) is 12.5. The van der Waals surface area contributed by atoms with Gasteiger partial charge in [-0.25, -0.2) is 0 Å². The average Bonchev–Trinajstić information content (AvgIpc) is 2.32. The number of nitrogens with zero attached hydrogens (tertiary/aromatic N) is 1. The molecule has 4 heteroatoms. The summed E-state index contributed by atoms with van der Waals surface area (Å²) in [5, 5.41) is 7.45. The number of amidine groups is 1. The summed E-state index contributed by atoms with van der Waals surface area (Å²) < 4.78 is 1.02. The molecule has 2 unspecified atom stereocenters. The van der Waals surface area contributed by atoms with Crippen LogP contribution in [0.4, 0.5) is 5.69 Å².